The first-order valence-corrected chi connectivity index (χ1v) is 10.3. The third kappa shape index (κ3) is 8.03. The number of rotatable bonds is 9. The molecule has 1 amide bonds. The van der Waals surface area contributed by atoms with Crippen LogP contribution in [0.3, 0.4) is 0 Å². The van der Waals surface area contributed by atoms with Crippen LogP contribution in [0.4, 0.5) is 0 Å². The van der Waals surface area contributed by atoms with Crippen molar-refractivity contribution in [1.82, 2.24) is 5.32 Å². The molecule has 0 saturated carbocycles. The fourth-order valence-electron chi connectivity index (χ4n) is 3.33. The highest BCUT2D eigenvalue weighted by Gasteiger charge is 2.51. The van der Waals surface area contributed by atoms with Crippen molar-refractivity contribution in [2.24, 2.45) is 0 Å². The summed E-state index contributed by atoms with van der Waals surface area (Å²) in [5, 5.41) is 2.65. The smallest absolute Gasteiger partial charge is 0.303 e. The Morgan fingerprint density at radius 1 is 0.909 bits per heavy atom. The topological polar surface area (TPSA) is 136 Å². The van der Waals surface area contributed by atoms with Crippen LogP contribution in [0.5, 0.6) is 5.75 Å². The fourth-order valence-corrected chi connectivity index (χ4v) is 3.33. The summed E-state index contributed by atoms with van der Waals surface area (Å²) in [5.41, 5.74) is 0.781. The van der Waals surface area contributed by atoms with Crippen molar-refractivity contribution in [3.05, 3.63) is 29.8 Å². The summed E-state index contributed by atoms with van der Waals surface area (Å²) >= 11 is 0. The second-order valence-corrected chi connectivity index (χ2v) is 7.38. The van der Waals surface area contributed by atoms with Crippen LogP contribution < -0.4 is 10.1 Å². The van der Waals surface area contributed by atoms with E-state index in [1.165, 1.54) is 27.7 Å². The minimum absolute atomic E-state index is 0.0794. The summed E-state index contributed by atoms with van der Waals surface area (Å²) in [5.74, 6) is -1.70. The third-order valence-electron chi connectivity index (χ3n) is 4.64. The van der Waals surface area contributed by atoms with E-state index in [9.17, 15) is 19.2 Å². The van der Waals surface area contributed by atoms with Crippen LogP contribution in [-0.4, -0.2) is 68.2 Å². The molecule has 2 rings (SSSR count). The van der Waals surface area contributed by atoms with Gasteiger partial charge in [-0.3, -0.25) is 19.2 Å². The van der Waals surface area contributed by atoms with Gasteiger partial charge >= 0.3 is 17.9 Å². The molecule has 1 aliphatic heterocycles. The maximum atomic E-state index is 11.9. The summed E-state index contributed by atoms with van der Waals surface area (Å²) in [6.45, 7) is 4.63. The Morgan fingerprint density at radius 2 is 1.52 bits per heavy atom. The SMILES string of the molecule is COc1ccc(COC2OC(COC(C)=O)C(OC(C)=O)C(OC(C)=O)C2NC(C)=O)cc1. The van der Waals surface area contributed by atoms with E-state index < -0.39 is 54.5 Å². The molecule has 5 unspecified atom stereocenters. The molecule has 0 aliphatic carbocycles. The van der Waals surface area contributed by atoms with Crippen molar-refractivity contribution < 1.29 is 47.6 Å². The van der Waals surface area contributed by atoms with E-state index in [-0.39, 0.29) is 13.2 Å². The first-order chi connectivity index (χ1) is 15.6. The van der Waals surface area contributed by atoms with Crippen molar-refractivity contribution in [1.29, 1.82) is 0 Å². The van der Waals surface area contributed by atoms with Crippen LogP contribution in [0.25, 0.3) is 0 Å². The Bertz CT molecular complexity index is 840. The molecular formula is C22H29NO10. The minimum Gasteiger partial charge on any atom is -0.497 e. The normalized spacial score (nSPS) is 24.3. The van der Waals surface area contributed by atoms with Gasteiger partial charge in [-0.05, 0) is 17.7 Å². The van der Waals surface area contributed by atoms with Gasteiger partial charge < -0.3 is 33.7 Å². The van der Waals surface area contributed by atoms with E-state index in [0.717, 1.165) is 5.56 Å². The average molecular weight is 467 g/mol. The molecule has 182 valence electrons. The Morgan fingerprint density at radius 3 is 2.03 bits per heavy atom. The van der Waals surface area contributed by atoms with E-state index >= 15 is 0 Å². The fraction of sp³-hybridized carbons (Fsp3) is 0.545. The molecule has 1 aromatic carbocycles. The van der Waals surface area contributed by atoms with Gasteiger partial charge in [-0.15, -0.1) is 0 Å². The van der Waals surface area contributed by atoms with Gasteiger partial charge in [0, 0.05) is 27.7 Å². The van der Waals surface area contributed by atoms with Gasteiger partial charge in [0.1, 0.15) is 24.5 Å². The molecule has 0 spiro atoms. The number of benzene rings is 1. The molecule has 5 atom stereocenters. The largest absolute Gasteiger partial charge is 0.497 e. The lowest BCUT2D eigenvalue weighted by Gasteiger charge is -2.44. The molecule has 1 fully saturated rings. The zero-order valence-corrected chi connectivity index (χ0v) is 19.2. The van der Waals surface area contributed by atoms with Gasteiger partial charge in [0.25, 0.3) is 0 Å². The molecule has 11 heteroatoms. The predicted octanol–water partition coefficient (Wildman–Crippen LogP) is 0.868. The minimum atomic E-state index is -1.16. The number of hydrogen-bond acceptors (Lipinski definition) is 10. The predicted molar refractivity (Wildman–Crippen MR) is 112 cm³/mol. The highest BCUT2D eigenvalue weighted by Crippen LogP contribution is 2.28. The Kier molecular flexibility index (Phi) is 9.61. The summed E-state index contributed by atoms with van der Waals surface area (Å²) in [4.78, 5) is 46.9. The van der Waals surface area contributed by atoms with Crippen LogP contribution in [0.15, 0.2) is 24.3 Å². The van der Waals surface area contributed by atoms with Gasteiger partial charge in [-0.2, -0.15) is 0 Å². The standard InChI is InChI=1S/C22H29NO10/c1-12(24)23-19-21(32-15(4)27)20(31-14(3)26)18(11-29-13(2)25)33-22(19)30-10-16-6-8-17(28-5)9-7-16/h6-9,18-22H,10-11H2,1-5H3,(H,23,24). The molecule has 1 aliphatic rings. The van der Waals surface area contributed by atoms with E-state index in [2.05, 4.69) is 5.32 Å². The van der Waals surface area contributed by atoms with Crippen LogP contribution >= 0.6 is 0 Å². The molecule has 33 heavy (non-hydrogen) atoms. The molecule has 0 bridgehead atoms. The highest BCUT2D eigenvalue weighted by atomic mass is 16.7. The Hall–Kier alpha value is -3.18. The quantitative estimate of drug-likeness (QED) is 0.411. The zero-order chi connectivity index (χ0) is 24.5. The van der Waals surface area contributed by atoms with Gasteiger partial charge in [0.15, 0.2) is 18.5 Å². The number of hydrogen-bond donors (Lipinski definition) is 1. The van der Waals surface area contributed by atoms with Crippen LogP contribution in [0, 0.1) is 0 Å². The zero-order valence-electron chi connectivity index (χ0n) is 19.2. The second-order valence-electron chi connectivity index (χ2n) is 7.38. The number of amides is 1. The summed E-state index contributed by atoms with van der Waals surface area (Å²) in [6.07, 6.45) is -4.46. The Labute approximate surface area is 191 Å². The van der Waals surface area contributed by atoms with Crippen molar-refractivity contribution in [2.45, 2.75) is 64.9 Å². The number of esters is 3. The summed E-state index contributed by atoms with van der Waals surface area (Å²) in [7, 11) is 1.55. The van der Waals surface area contributed by atoms with Crippen LogP contribution in [0.1, 0.15) is 33.3 Å². The lowest BCUT2D eigenvalue weighted by Crippen LogP contribution is -2.66. The molecule has 11 nitrogen and oxygen atoms in total. The van der Waals surface area contributed by atoms with E-state index in [0.29, 0.717) is 5.75 Å². The number of carbonyl (C=O) groups excluding carboxylic acids is 4. The van der Waals surface area contributed by atoms with Gasteiger partial charge in [-0.25, -0.2) is 0 Å². The number of carbonyl (C=O) groups is 4. The van der Waals surface area contributed by atoms with Crippen molar-refractivity contribution in [3.63, 3.8) is 0 Å². The van der Waals surface area contributed by atoms with Crippen molar-refractivity contribution in [3.8, 4) is 5.75 Å². The van der Waals surface area contributed by atoms with Crippen LogP contribution in [0.2, 0.25) is 0 Å². The highest BCUT2D eigenvalue weighted by molar-refractivity contribution is 5.73. The van der Waals surface area contributed by atoms with Gasteiger partial charge in [-0.1, -0.05) is 12.1 Å². The van der Waals surface area contributed by atoms with E-state index in [1.807, 2.05) is 0 Å². The molecule has 0 radical (unpaired) electrons. The molecule has 0 aromatic heterocycles. The lowest BCUT2D eigenvalue weighted by molar-refractivity contribution is -0.280. The first-order valence-electron chi connectivity index (χ1n) is 10.3. The van der Waals surface area contributed by atoms with E-state index in [1.54, 1.807) is 31.4 Å². The molecule has 1 aromatic rings. The molecular weight excluding hydrogens is 438 g/mol. The maximum Gasteiger partial charge on any atom is 0.303 e. The second kappa shape index (κ2) is 12.2. The van der Waals surface area contributed by atoms with E-state index in [4.69, 9.17) is 28.4 Å². The molecule has 1 saturated heterocycles. The Balaban J connectivity index is 2.33. The third-order valence-corrected chi connectivity index (χ3v) is 4.64. The maximum absolute atomic E-state index is 11.9. The van der Waals surface area contributed by atoms with Gasteiger partial charge in [0.05, 0.1) is 13.7 Å². The van der Waals surface area contributed by atoms with Crippen molar-refractivity contribution >= 4 is 23.8 Å². The monoisotopic (exact) mass is 467 g/mol. The number of methoxy groups -OCH3 is 1. The molecule has 1 heterocycles. The number of ether oxygens (including phenoxy) is 6. The first kappa shape index (κ1) is 26.1. The van der Waals surface area contributed by atoms with Crippen molar-refractivity contribution in [2.75, 3.05) is 13.7 Å². The lowest BCUT2D eigenvalue weighted by atomic mass is 9.96. The van der Waals surface area contributed by atoms with Gasteiger partial charge in [0.2, 0.25) is 5.91 Å². The van der Waals surface area contributed by atoms with Crippen LogP contribution in [-0.2, 0) is 49.5 Å². The number of nitrogens with one attached hydrogen (secondary N) is 1. The average Bonchev–Trinajstić information content (AvgIpc) is 2.73. The summed E-state index contributed by atoms with van der Waals surface area (Å²) < 4.78 is 32.8. The summed E-state index contributed by atoms with van der Waals surface area (Å²) in [6, 6.07) is 6.08. The molecule has 1 N–H and O–H groups in total.